The molecule has 0 aromatic heterocycles. The lowest BCUT2D eigenvalue weighted by atomic mass is 9.99. The average molecular weight is 697 g/mol. The molecule has 268 valence electrons. The number of nitrogens with two attached hydrogens (primary N) is 1. The van der Waals surface area contributed by atoms with Gasteiger partial charge in [-0.15, -0.1) is 0 Å². The lowest BCUT2D eigenvalue weighted by Crippen LogP contribution is -2.42. The van der Waals surface area contributed by atoms with Gasteiger partial charge in [0.2, 0.25) is 5.91 Å². The summed E-state index contributed by atoms with van der Waals surface area (Å²) in [6, 6.07) is 4.68. The minimum absolute atomic E-state index is 0.0242. The lowest BCUT2D eigenvalue weighted by molar-refractivity contribution is -0.384. The van der Waals surface area contributed by atoms with Gasteiger partial charge in [-0.3, -0.25) is 25.0 Å². The number of ether oxygens (including phenoxy) is 4. The summed E-state index contributed by atoms with van der Waals surface area (Å²) in [6.07, 6.45) is 4.30. The number of hydrogen-bond acceptors (Lipinski definition) is 13. The van der Waals surface area contributed by atoms with Crippen molar-refractivity contribution in [2.75, 3.05) is 57.6 Å². The van der Waals surface area contributed by atoms with Crippen LogP contribution in [0.3, 0.4) is 0 Å². The zero-order valence-corrected chi connectivity index (χ0v) is 28.4. The summed E-state index contributed by atoms with van der Waals surface area (Å²) >= 11 is 0. The van der Waals surface area contributed by atoms with Gasteiger partial charge in [0.05, 0.1) is 29.6 Å². The first-order valence-electron chi connectivity index (χ1n) is 15.4. The van der Waals surface area contributed by atoms with Crippen molar-refractivity contribution in [2.45, 2.75) is 39.2 Å². The van der Waals surface area contributed by atoms with Crippen molar-refractivity contribution in [1.29, 1.82) is 0 Å². The zero-order valence-electron chi connectivity index (χ0n) is 28.4. The van der Waals surface area contributed by atoms with E-state index in [1.165, 1.54) is 19.2 Å². The Morgan fingerprint density at radius 1 is 0.980 bits per heavy atom. The van der Waals surface area contributed by atoms with Gasteiger partial charge in [0.15, 0.2) is 17.1 Å². The Hall–Kier alpha value is -6.05. The molecule has 2 amide bonds. The second kappa shape index (κ2) is 17.4. The van der Waals surface area contributed by atoms with Gasteiger partial charge >= 0.3 is 12.1 Å². The van der Waals surface area contributed by atoms with Gasteiger partial charge in [0.25, 0.3) is 11.4 Å². The minimum atomic E-state index is -0.893. The molecular formula is C33H40N6O11. The number of amides is 2. The first kappa shape index (κ1) is 38.4. The van der Waals surface area contributed by atoms with Crippen molar-refractivity contribution in [3.8, 4) is 23.3 Å². The standard InChI is InChI=1S/C33H40N6O11/c1-33(2,3)50-32(42)37-14-8-10-21(20-37)11-9-15-49-27-18-22(30(34)40)16-24(38(43)44)29(27)36-13-7-6-12-35-28-25(39(45)46)17-23(31(41)48-5)19-26(28)47-4/h6-7,16-19,21,35-36H,8,10,12-15,20H2,1-5H3,(H2,34,40)/b7-6+. The highest BCUT2D eigenvalue weighted by atomic mass is 16.6. The van der Waals surface area contributed by atoms with Crippen LogP contribution in [0.1, 0.15) is 54.3 Å². The number of carbonyl (C=O) groups is 3. The molecule has 1 aliphatic rings. The van der Waals surface area contributed by atoms with Crippen LogP contribution in [-0.4, -0.2) is 85.3 Å². The molecule has 1 unspecified atom stereocenters. The molecule has 3 rings (SSSR count). The summed E-state index contributed by atoms with van der Waals surface area (Å²) in [5.41, 5.74) is 3.73. The largest absolute Gasteiger partial charge is 0.494 e. The highest BCUT2D eigenvalue weighted by molar-refractivity contribution is 5.96. The predicted molar refractivity (Wildman–Crippen MR) is 183 cm³/mol. The number of likely N-dealkylation sites (tertiary alicyclic amines) is 1. The van der Waals surface area contributed by atoms with E-state index >= 15 is 0 Å². The fourth-order valence-corrected chi connectivity index (χ4v) is 4.87. The van der Waals surface area contributed by atoms with E-state index < -0.39 is 44.8 Å². The van der Waals surface area contributed by atoms with Crippen LogP contribution in [0.4, 0.5) is 27.5 Å². The maximum atomic E-state index is 12.5. The van der Waals surface area contributed by atoms with E-state index in [2.05, 4.69) is 27.2 Å². The summed E-state index contributed by atoms with van der Waals surface area (Å²) in [7, 11) is 2.44. The normalized spacial score (nSPS) is 14.2. The fourth-order valence-electron chi connectivity index (χ4n) is 4.87. The van der Waals surface area contributed by atoms with Crippen molar-refractivity contribution < 1.29 is 43.2 Å². The Balaban J connectivity index is 1.72. The van der Waals surface area contributed by atoms with Crippen LogP contribution < -0.4 is 25.8 Å². The van der Waals surface area contributed by atoms with Crippen LogP contribution in [0.2, 0.25) is 0 Å². The number of nitrogens with one attached hydrogen (secondary N) is 2. The molecule has 2 aromatic carbocycles. The third kappa shape index (κ3) is 10.7. The molecule has 1 atom stereocenters. The third-order valence-corrected chi connectivity index (χ3v) is 7.12. The molecule has 1 aliphatic heterocycles. The maximum absolute atomic E-state index is 12.5. The molecule has 0 saturated carbocycles. The lowest BCUT2D eigenvalue weighted by Gasteiger charge is -2.32. The molecule has 4 N–H and O–H groups in total. The number of anilines is 2. The van der Waals surface area contributed by atoms with E-state index in [1.54, 1.807) is 37.8 Å². The number of methoxy groups -OCH3 is 2. The highest BCUT2D eigenvalue weighted by Crippen LogP contribution is 2.37. The Morgan fingerprint density at radius 2 is 1.56 bits per heavy atom. The number of rotatable bonds is 13. The molecule has 2 aromatic rings. The Labute approximate surface area is 288 Å². The second-order valence-electron chi connectivity index (χ2n) is 11.9. The summed E-state index contributed by atoms with van der Waals surface area (Å²) in [5, 5.41) is 29.4. The van der Waals surface area contributed by atoms with Crippen molar-refractivity contribution in [1.82, 2.24) is 4.90 Å². The van der Waals surface area contributed by atoms with Crippen molar-refractivity contribution >= 4 is 40.7 Å². The number of nitrogens with zero attached hydrogens (tertiary/aromatic N) is 3. The summed E-state index contributed by atoms with van der Waals surface area (Å²) in [5.74, 6) is 4.20. The monoisotopic (exact) mass is 696 g/mol. The van der Waals surface area contributed by atoms with E-state index in [0.717, 1.165) is 32.1 Å². The van der Waals surface area contributed by atoms with Gasteiger partial charge in [-0.25, -0.2) is 9.59 Å². The van der Waals surface area contributed by atoms with Crippen LogP contribution in [-0.2, 0) is 9.47 Å². The number of benzene rings is 2. The molecule has 1 heterocycles. The number of nitro groups is 2. The SMILES string of the molecule is COC(=O)c1cc(OC)c(NC/C=C/CNc2c(OCC#CC3CCCN(C(=O)OC(C)(C)C)C3)cc(C(N)=O)cc2[N+](=O)[O-])c([N+](=O)[O-])c1. The number of primary amides is 1. The Morgan fingerprint density at radius 3 is 2.10 bits per heavy atom. The molecule has 17 heteroatoms. The van der Waals surface area contributed by atoms with E-state index in [4.69, 9.17) is 19.9 Å². The molecule has 50 heavy (non-hydrogen) atoms. The number of carbonyl (C=O) groups excluding carboxylic acids is 3. The number of esters is 1. The number of hydrogen-bond donors (Lipinski definition) is 3. The highest BCUT2D eigenvalue weighted by Gasteiger charge is 2.27. The van der Waals surface area contributed by atoms with Gasteiger partial charge in [-0.05, 0) is 45.7 Å². The van der Waals surface area contributed by atoms with E-state index in [1.807, 2.05) is 0 Å². The van der Waals surface area contributed by atoms with E-state index in [0.29, 0.717) is 13.1 Å². The van der Waals surface area contributed by atoms with Crippen LogP contribution in [0, 0.1) is 38.0 Å². The fraction of sp³-hybridized carbons (Fsp3) is 0.424. The molecule has 0 aliphatic carbocycles. The number of piperidine rings is 1. The zero-order chi connectivity index (χ0) is 37.0. The van der Waals surface area contributed by atoms with Gasteiger partial charge in [0.1, 0.15) is 18.0 Å². The van der Waals surface area contributed by atoms with Crippen LogP contribution in [0.15, 0.2) is 36.4 Å². The first-order chi connectivity index (χ1) is 23.6. The summed E-state index contributed by atoms with van der Waals surface area (Å²) < 4.78 is 21.1. The Bertz CT molecular complexity index is 1710. The second-order valence-corrected chi connectivity index (χ2v) is 11.9. The van der Waals surface area contributed by atoms with Crippen LogP contribution in [0.25, 0.3) is 0 Å². The van der Waals surface area contributed by atoms with Crippen LogP contribution in [0.5, 0.6) is 11.5 Å². The summed E-state index contributed by atoms with van der Waals surface area (Å²) in [6.45, 7) is 6.27. The van der Waals surface area contributed by atoms with Crippen LogP contribution >= 0.6 is 0 Å². The number of nitro benzene ring substituents is 2. The van der Waals surface area contributed by atoms with Gasteiger partial charge in [-0.1, -0.05) is 24.0 Å². The predicted octanol–water partition coefficient (Wildman–Crippen LogP) is 4.51. The smallest absolute Gasteiger partial charge is 0.410 e. The first-order valence-corrected chi connectivity index (χ1v) is 15.4. The average Bonchev–Trinajstić information content (AvgIpc) is 3.06. The quantitative estimate of drug-likeness (QED) is 0.0862. The molecule has 17 nitrogen and oxygen atoms in total. The Kier molecular flexibility index (Phi) is 13.3. The summed E-state index contributed by atoms with van der Waals surface area (Å²) in [4.78, 5) is 60.2. The molecule has 0 radical (unpaired) electrons. The van der Waals surface area contributed by atoms with E-state index in [-0.39, 0.29) is 59.6 Å². The van der Waals surface area contributed by atoms with Gasteiger partial charge < -0.3 is 40.2 Å². The van der Waals surface area contributed by atoms with Crippen molar-refractivity contribution in [2.24, 2.45) is 11.7 Å². The molecule has 1 fully saturated rings. The van der Waals surface area contributed by atoms with Crippen molar-refractivity contribution in [3.05, 3.63) is 67.8 Å². The maximum Gasteiger partial charge on any atom is 0.410 e. The molecule has 0 spiro atoms. The van der Waals surface area contributed by atoms with Gasteiger partial charge in [-0.2, -0.15) is 0 Å². The third-order valence-electron chi connectivity index (χ3n) is 7.12. The van der Waals surface area contributed by atoms with Gasteiger partial charge in [0, 0.05) is 49.8 Å². The van der Waals surface area contributed by atoms with Crippen molar-refractivity contribution in [3.63, 3.8) is 0 Å². The molecule has 0 bridgehead atoms. The minimum Gasteiger partial charge on any atom is -0.494 e. The molecule has 1 saturated heterocycles. The van der Waals surface area contributed by atoms with E-state index in [9.17, 15) is 34.6 Å². The topological polar surface area (TPSA) is 228 Å². The molecular weight excluding hydrogens is 656 g/mol.